The lowest BCUT2D eigenvalue weighted by Gasteiger charge is -2.11. The maximum absolute atomic E-state index is 12.1. The molecule has 0 unspecified atom stereocenters. The van der Waals surface area contributed by atoms with Crippen molar-refractivity contribution in [2.75, 3.05) is 12.3 Å². The molecule has 0 aliphatic carbocycles. The van der Waals surface area contributed by atoms with Gasteiger partial charge >= 0.3 is 6.18 Å². The van der Waals surface area contributed by atoms with Crippen LogP contribution >= 0.6 is 0 Å². The zero-order valence-corrected chi connectivity index (χ0v) is 11.8. The van der Waals surface area contributed by atoms with Crippen LogP contribution in [0.1, 0.15) is 16.1 Å². The number of halogens is 3. The van der Waals surface area contributed by atoms with Crippen molar-refractivity contribution >= 4 is 11.7 Å². The predicted molar refractivity (Wildman–Crippen MR) is 75.6 cm³/mol. The number of hydrogen-bond acceptors (Lipinski definition) is 5. The number of carbonyl (C=O) groups is 1. The van der Waals surface area contributed by atoms with E-state index < -0.39 is 18.7 Å². The van der Waals surface area contributed by atoms with Crippen LogP contribution in [0.4, 0.5) is 19.0 Å². The topological polar surface area (TPSA) is 90.1 Å². The average molecular weight is 326 g/mol. The molecule has 3 N–H and O–H groups in total. The summed E-state index contributed by atoms with van der Waals surface area (Å²) in [6.07, 6.45) is -1.72. The summed E-state index contributed by atoms with van der Waals surface area (Å²) in [6, 6.07) is 5.98. The number of nitrogens with two attached hydrogens (primary N) is 1. The smallest absolute Gasteiger partial charge is 0.422 e. The second-order valence-electron chi connectivity index (χ2n) is 4.52. The van der Waals surface area contributed by atoms with E-state index in [0.29, 0.717) is 5.56 Å². The van der Waals surface area contributed by atoms with Crippen LogP contribution in [-0.2, 0) is 6.54 Å². The standard InChI is InChI=1S/C14H13F3N4O2/c15-14(16,17)8-23-10-3-1-2-9(6-10)7-21-13(22)11-12(18)20-5-4-19-11/h1-6H,7-8H2,(H2,18,20)(H,21,22). The molecule has 9 heteroatoms. The van der Waals surface area contributed by atoms with Crippen LogP contribution in [0.25, 0.3) is 0 Å². The zero-order valence-electron chi connectivity index (χ0n) is 11.8. The molecular formula is C14H13F3N4O2. The van der Waals surface area contributed by atoms with E-state index >= 15 is 0 Å². The fourth-order valence-corrected chi connectivity index (χ4v) is 1.70. The van der Waals surface area contributed by atoms with Crippen LogP contribution in [0.15, 0.2) is 36.7 Å². The average Bonchev–Trinajstić information content (AvgIpc) is 2.51. The van der Waals surface area contributed by atoms with Crippen LogP contribution in [0.5, 0.6) is 5.75 Å². The first-order valence-electron chi connectivity index (χ1n) is 6.48. The number of benzene rings is 1. The fraction of sp³-hybridized carbons (Fsp3) is 0.214. The first-order valence-corrected chi connectivity index (χ1v) is 6.48. The summed E-state index contributed by atoms with van der Waals surface area (Å²) in [7, 11) is 0. The Balaban J connectivity index is 1.96. The van der Waals surface area contributed by atoms with E-state index in [1.807, 2.05) is 0 Å². The van der Waals surface area contributed by atoms with E-state index in [9.17, 15) is 18.0 Å². The summed E-state index contributed by atoms with van der Waals surface area (Å²) in [5, 5.41) is 2.56. The van der Waals surface area contributed by atoms with Gasteiger partial charge in [-0.3, -0.25) is 4.79 Å². The third-order valence-electron chi connectivity index (χ3n) is 2.70. The SMILES string of the molecule is Nc1nccnc1C(=O)NCc1cccc(OCC(F)(F)F)c1. The van der Waals surface area contributed by atoms with Crippen molar-refractivity contribution in [1.29, 1.82) is 0 Å². The number of rotatable bonds is 5. The van der Waals surface area contributed by atoms with E-state index in [4.69, 9.17) is 5.73 Å². The highest BCUT2D eigenvalue weighted by Crippen LogP contribution is 2.19. The Morgan fingerprint density at radius 2 is 2.00 bits per heavy atom. The minimum Gasteiger partial charge on any atom is -0.484 e. The van der Waals surface area contributed by atoms with Gasteiger partial charge in [0.05, 0.1) is 0 Å². The number of nitrogens with one attached hydrogen (secondary N) is 1. The van der Waals surface area contributed by atoms with Gasteiger partial charge in [0.15, 0.2) is 18.1 Å². The molecule has 1 amide bonds. The number of ether oxygens (including phenoxy) is 1. The van der Waals surface area contributed by atoms with Gasteiger partial charge in [0.1, 0.15) is 5.75 Å². The van der Waals surface area contributed by atoms with Gasteiger partial charge in [0.2, 0.25) is 0 Å². The number of anilines is 1. The highest BCUT2D eigenvalue weighted by molar-refractivity contribution is 5.96. The maximum Gasteiger partial charge on any atom is 0.422 e. The van der Waals surface area contributed by atoms with Crippen LogP contribution in [0.3, 0.4) is 0 Å². The molecule has 122 valence electrons. The first-order chi connectivity index (χ1) is 10.8. The van der Waals surface area contributed by atoms with Gasteiger partial charge in [-0.15, -0.1) is 0 Å². The fourth-order valence-electron chi connectivity index (χ4n) is 1.70. The summed E-state index contributed by atoms with van der Waals surface area (Å²) in [4.78, 5) is 19.5. The van der Waals surface area contributed by atoms with Crippen LogP contribution < -0.4 is 15.8 Å². The van der Waals surface area contributed by atoms with Crippen LogP contribution in [0, 0.1) is 0 Å². The van der Waals surface area contributed by atoms with Gasteiger partial charge in [-0.2, -0.15) is 13.2 Å². The van der Waals surface area contributed by atoms with E-state index in [0.717, 1.165) is 0 Å². The van der Waals surface area contributed by atoms with Crippen molar-refractivity contribution in [3.8, 4) is 5.75 Å². The van der Waals surface area contributed by atoms with Crippen molar-refractivity contribution in [2.45, 2.75) is 12.7 Å². The number of carbonyl (C=O) groups excluding carboxylic acids is 1. The maximum atomic E-state index is 12.1. The Bertz CT molecular complexity index is 692. The molecule has 0 saturated heterocycles. The quantitative estimate of drug-likeness (QED) is 0.876. The summed E-state index contributed by atoms with van der Waals surface area (Å²) in [5.41, 5.74) is 6.09. The Hall–Kier alpha value is -2.84. The van der Waals surface area contributed by atoms with Gasteiger partial charge in [0, 0.05) is 18.9 Å². The molecule has 2 aromatic rings. The predicted octanol–water partition coefficient (Wildman–Crippen LogP) is 1.93. The number of nitrogen functional groups attached to an aromatic ring is 1. The van der Waals surface area contributed by atoms with Gasteiger partial charge < -0.3 is 15.8 Å². The molecule has 0 spiro atoms. The monoisotopic (exact) mass is 326 g/mol. The molecule has 6 nitrogen and oxygen atoms in total. The van der Waals surface area contributed by atoms with E-state index in [-0.39, 0.29) is 23.8 Å². The Labute approximate surface area is 129 Å². The van der Waals surface area contributed by atoms with Crippen molar-refractivity contribution in [3.63, 3.8) is 0 Å². The number of alkyl halides is 3. The van der Waals surface area contributed by atoms with Gasteiger partial charge in [-0.25, -0.2) is 9.97 Å². The number of amides is 1. The molecule has 0 atom stereocenters. The van der Waals surface area contributed by atoms with Crippen molar-refractivity contribution in [2.24, 2.45) is 0 Å². The van der Waals surface area contributed by atoms with Crippen LogP contribution in [0.2, 0.25) is 0 Å². The van der Waals surface area contributed by atoms with Gasteiger partial charge in [0.25, 0.3) is 5.91 Å². The molecule has 1 aromatic carbocycles. The van der Waals surface area contributed by atoms with Crippen molar-refractivity contribution in [1.82, 2.24) is 15.3 Å². The van der Waals surface area contributed by atoms with E-state index in [1.165, 1.54) is 30.6 Å². The molecule has 1 heterocycles. The molecule has 0 bridgehead atoms. The second-order valence-corrected chi connectivity index (χ2v) is 4.52. The molecule has 0 saturated carbocycles. The van der Waals surface area contributed by atoms with E-state index in [1.54, 1.807) is 6.07 Å². The minimum atomic E-state index is -4.41. The summed E-state index contributed by atoms with van der Waals surface area (Å²) < 4.78 is 41.0. The number of nitrogens with zero attached hydrogens (tertiary/aromatic N) is 2. The lowest BCUT2D eigenvalue weighted by atomic mass is 10.2. The van der Waals surface area contributed by atoms with E-state index in [2.05, 4.69) is 20.0 Å². The molecular weight excluding hydrogens is 313 g/mol. The molecule has 2 rings (SSSR count). The highest BCUT2D eigenvalue weighted by Gasteiger charge is 2.28. The van der Waals surface area contributed by atoms with Crippen molar-refractivity contribution < 1.29 is 22.7 Å². The van der Waals surface area contributed by atoms with Gasteiger partial charge in [-0.1, -0.05) is 12.1 Å². The molecule has 0 fully saturated rings. The number of hydrogen-bond donors (Lipinski definition) is 2. The molecule has 1 aromatic heterocycles. The highest BCUT2D eigenvalue weighted by atomic mass is 19.4. The minimum absolute atomic E-state index is 0.00717. The third kappa shape index (κ3) is 5.13. The normalized spacial score (nSPS) is 11.1. The first kappa shape index (κ1) is 16.5. The zero-order chi connectivity index (χ0) is 16.9. The summed E-state index contributed by atoms with van der Waals surface area (Å²) in [6.45, 7) is -1.29. The molecule has 23 heavy (non-hydrogen) atoms. The molecule has 0 aliphatic rings. The Kier molecular flexibility index (Phi) is 4.99. The lowest BCUT2D eigenvalue weighted by molar-refractivity contribution is -0.153. The molecule has 0 radical (unpaired) electrons. The second kappa shape index (κ2) is 6.95. The number of aromatic nitrogens is 2. The van der Waals surface area contributed by atoms with Crippen LogP contribution in [-0.4, -0.2) is 28.7 Å². The summed E-state index contributed by atoms with van der Waals surface area (Å²) >= 11 is 0. The largest absolute Gasteiger partial charge is 0.484 e. The molecule has 0 aliphatic heterocycles. The van der Waals surface area contributed by atoms with Crippen molar-refractivity contribution in [3.05, 3.63) is 47.9 Å². The Morgan fingerprint density at radius 3 is 2.70 bits per heavy atom. The lowest BCUT2D eigenvalue weighted by Crippen LogP contribution is -2.25. The van der Waals surface area contributed by atoms with Gasteiger partial charge in [-0.05, 0) is 17.7 Å². The third-order valence-corrected chi connectivity index (χ3v) is 2.70. The Morgan fingerprint density at radius 1 is 1.26 bits per heavy atom. The summed E-state index contributed by atoms with van der Waals surface area (Å²) in [5.74, 6) is -0.474.